The van der Waals surface area contributed by atoms with E-state index in [9.17, 15) is 14.4 Å². The summed E-state index contributed by atoms with van der Waals surface area (Å²) in [7, 11) is 0. The Balaban J connectivity index is 1.70. The monoisotopic (exact) mass is 538 g/mol. The van der Waals surface area contributed by atoms with Crippen LogP contribution in [0.3, 0.4) is 0 Å². The lowest BCUT2D eigenvalue weighted by Crippen LogP contribution is -2.54. The van der Waals surface area contributed by atoms with Crippen LogP contribution in [0.2, 0.25) is 5.02 Å². The molecular weight excluding hydrogens is 520 g/mol. The number of benzene rings is 3. The van der Waals surface area contributed by atoms with Crippen LogP contribution in [-0.4, -0.2) is 17.8 Å². The van der Waals surface area contributed by atoms with Crippen molar-refractivity contribution in [3.63, 3.8) is 0 Å². The van der Waals surface area contributed by atoms with Gasteiger partial charge in [0.2, 0.25) is 0 Å². The molecule has 1 aliphatic rings. The van der Waals surface area contributed by atoms with E-state index in [2.05, 4.69) is 21.2 Å². The Kier molecular flexibility index (Phi) is 6.86. The number of halogens is 2. The highest BCUT2D eigenvalue weighted by Crippen LogP contribution is 2.30. The Morgan fingerprint density at radius 1 is 1.00 bits per heavy atom. The molecule has 0 aliphatic carbocycles. The second-order valence-electron chi connectivity index (χ2n) is 7.87. The molecule has 0 bridgehead atoms. The number of nitrogens with zero attached hydrogens (tertiary/aromatic N) is 1. The number of nitrogens with one attached hydrogen (secondary N) is 1. The molecule has 6 nitrogen and oxygen atoms in total. The fourth-order valence-corrected chi connectivity index (χ4v) is 4.23. The normalized spacial score (nSPS) is 15.0. The molecule has 0 aromatic heterocycles. The lowest BCUT2D eigenvalue weighted by molar-refractivity contribution is -0.122. The highest BCUT2D eigenvalue weighted by molar-refractivity contribution is 9.10. The van der Waals surface area contributed by atoms with Crippen molar-refractivity contribution in [1.82, 2.24) is 5.32 Å². The minimum absolute atomic E-state index is 0.181. The molecule has 0 spiro atoms. The predicted molar refractivity (Wildman–Crippen MR) is 135 cm³/mol. The molecule has 8 heteroatoms. The minimum atomic E-state index is -0.790. The third-order valence-electron chi connectivity index (χ3n) is 5.18. The molecule has 1 fully saturated rings. The Labute approximate surface area is 210 Å². The van der Waals surface area contributed by atoms with Crippen molar-refractivity contribution in [2.45, 2.75) is 20.5 Å². The Bertz CT molecular complexity index is 1330. The molecular formula is C26H20BrClN2O4. The highest BCUT2D eigenvalue weighted by atomic mass is 79.9. The first kappa shape index (κ1) is 23.7. The van der Waals surface area contributed by atoms with E-state index < -0.39 is 17.8 Å². The van der Waals surface area contributed by atoms with Crippen LogP contribution in [0.1, 0.15) is 22.3 Å². The van der Waals surface area contributed by atoms with Crippen molar-refractivity contribution >= 4 is 57.1 Å². The summed E-state index contributed by atoms with van der Waals surface area (Å²) in [4.78, 5) is 39.5. The summed E-state index contributed by atoms with van der Waals surface area (Å²) in [5.74, 6) is -1.03. The maximum absolute atomic E-state index is 13.3. The van der Waals surface area contributed by atoms with Gasteiger partial charge >= 0.3 is 6.03 Å². The number of carbonyl (C=O) groups is 3. The summed E-state index contributed by atoms with van der Waals surface area (Å²) in [6, 6.07) is 17.1. The number of urea groups is 1. The van der Waals surface area contributed by atoms with Crippen molar-refractivity contribution in [1.29, 1.82) is 0 Å². The summed E-state index contributed by atoms with van der Waals surface area (Å²) >= 11 is 9.64. The molecule has 3 aromatic carbocycles. The zero-order valence-corrected chi connectivity index (χ0v) is 20.7. The molecule has 0 saturated carbocycles. The number of amides is 4. The van der Waals surface area contributed by atoms with Gasteiger partial charge in [-0.25, -0.2) is 9.69 Å². The number of anilines is 1. The van der Waals surface area contributed by atoms with Gasteiger partial charge in [-0.1, -0.05) is 51.8 Å². The second kappa shape index (κ2) is 9.83. The summed E-state index contributed by atoms with van der Waals surface area (Å²) < 4.78 is 6.69. The molecule has 4 rings (SSSR count). The lowest BCUT2D eigenvalue weighted by Gasteiger charge is -2.27. The quantitative estimate of drug-likeness (QED) is 0.320. The van der Waals surface area contributed by atoms with Crippen LogP contribution >= 0.6 is 27.5 Å². The molecule has 1 heterocycles. The number of hydrogen-bond donors (Lipinski definition) is 1. The topological polar surface area (TPSA) is 75.7 Å². The molecule has 1 aliphatic heterocycles. The Hall–Kier alpha value is -3.42. The average molecular weight is 540 g/mol. The molecule has 4 amide bonds. The Morgan fingerprint density at radius 3 is 2.41 bits per heavy atom. The van der Waals surface area contributed by atoms with Crippen LogP contribution in [0.25, 0.3) is 6.08 Å². The van der Waals surface area contributed by atoms with Gasteiger partial charge in [-0.2, -0.15) is 0 Å². The van der Waals surface area contributed by atoms with Crippen molar-refractivity contribution < 1.29 is 19.1 Å². The summed E-state index contributed by atoms with van der Waals surface area (Å²) in [6.07, 6.45) is 1.42. The van der Waals surface area contributed by atoms with Crippen LogP contribution in [-0.2, 0) is 16.2 Å². The van der Waals surface area contributed by atoms with E-state index in [0.29, 0.717) is 22.0 Å². The summed E-state index contributed by atoms with van der Waals surface area (Å²) in [6.45, 7) is 3.94. The van der Waals surface area contributed by atoms with Gasteiger partial charge in [0.05, 0.1) is 5.69 Å². The van der Waals surface area contributed by atoms with Crippen LogP contribution < -0.4 is 15.0 Å². The minimum Gasteiger partial charge on any atom is -0.488 e. The maximum atomic E-state index is 13.3. The molecule has 0 unspecified atom stereocenters. The number of ether oxygens (including phenoxy) is 1. The molecule has 0 radical (unpaired) electrons. The van der Waals surface area contributed by atoms with Crippen LogP contribution in [0.5, 0.6) is 5.75 Å². The fraction of sp³-hybridized carbons (Fsp3) is 0.115. The second-order valence-corrected chi connectivity index (χ2v) is 9.19. The number of aryl methyl sites for hydroxylation is 2. The van der Waals surface area contributed by atoms with Gasteiger partial charge in [0.25, 0.3) is 11.8 Å². The van der Waals surface area contributed by atoms with E-state index in [1.807, 2.05) is 38.1 Å². The summed E-state index contributed by atoms with van der Waals surface area (Å²) in [5, 5.41) is 2.83. The third-order valence-corrected chi connectivity index (χ3v) is 6.04. The first-order valence-corrected chi connectivity index (χ1v) is 11.6. The third kappa shape index (κ3) is 5.05. The van der Waals surface area contributed by atoms with Gasteiger partial charge in [-0.15, -0.1) is 0 Å². The van der Waals surface area contributed by atoms with Crippen LogP contribution in [0.15, 0.2) is 70.7 Å². The first-order valence-electron chi connectivity index (χ1n) is 10.4. The van der Waals surface area contributed by atoms with Crippen LogP contribution in [0, 0.1) is 13.8 Å². The molecule has 1 N–H and O–H groups in total. The van der Waals surface area contributed by atoms with E-state index in [1.165, 1.54) is 6.08 Å². The zero-order valence-electron chi connectivity index (χ0n) is 18.4. The van der Waals surface area contributed by atoms with E-state index in [-0.39, 0.29) is 12.2 Å². The van der Waals surface area contributed by atoms with Gasteiger partial charge < -0.3 is 4.74 Å². The van der Waals surface area contributed by atoms with Crippen molar-refractivity contribution in [3.8, 4) is 5.75 Å². The summed E-state index contributed by atoms with van der Waals surface area (Å²) in [5.41, 5.74) is 3.28. The molecule has 3 aromatic rings. The molecule has 0 atom stereocenters. The standard InChI is InChI=1S/C26H20BrClN2O4/c1-15-9-16(2)11-20(10-15)30-25(32)21(24(31)29-26(30)33)13-18-12-19(27)7-8-23(18)34-14-17-5-3-4-6-22(17)28/h3-13H,14H2,1-2H3,(H,29,31,33)/b21-13+. The zero-order chi connectivity index (χ0) is 24.4. The van der Waals surface area contributed by atoms with Gasteiger partial charge in [0.15, 0.2) is 0 Å². The van der Waals surface area contributed by atoms with Crippen molar-refractivity contribution in [3.05, 3.63) is 98.0 Å². The number of carbonyl (C=O) groups excluding carboxylic acids is 3. The number of barbiturate groups is 1. The molecule has 34 heavy (non-hydrogen) atoms. The SMILES string of the molecule is Cc1cc(C)cc(N2C(=O)NC(=O)/C(=C\c3cc(Br)ccc3OCc3ccccc3Cl)C2=O)c1. The number of rotatable bonds is 5. The van der Waals surface area contributed by atoms with Gasteiger partial charge in [-0.3, -0.25) is 14.9 Å². The first-order chi connectivity index (χ1) is 16.2. The number of imide groups is 2. The maximum Gasteiger partial charge on any atom is 0.335 e. The highest BCUT2D eigenvalue weighted by Gasteiger charge is 2.37. The van der Waals surface area contributed by atoms with E-state index >= 15 is 0 Å². The molecule has 1 saturated heterocycles. The smallest absolute Gasteiger partial charge is 0.335 e. The lowest BCUT2D eigenvalue weighted by atomic mass is 10.0. The van der Waals surface area contributed by atoms with E-state index in [0.717, 1.165) is 26.1 Å². The largest absolute Gasteiger partial charge is 0.488 e. The molecule has 172 valence electrons. The van der Waals surface area contributed by atoms with Crippen LogP contribution in [0.4, 0.5) is 10.5 Å². The van der Waals surface area contributed by atoms with E-state index in [1.54, 1.807) is 36.4 Å². The van der Waals surface area contributed by atoms with E-state index in [4.69, 9.17) is 16.3 Å². The average Bonchev–Trinajstić information content (AvgIpc) is 2.76. The van der Waals surface area contributed by atoms with Gasteiger partial charge in [0, 0.05) is 20.6 Å². The van der Waals surface area contributed by atoms with Gasteiger partial charge in [0.1, 0.15) is 17.9 Å². The fourth-order valence-electron chi connectivity index (χ4n) is 3.66. The number of hydrogen-bond acceptors (Lipinski definition) is 4. The van der Waals surface area contributed by atoms with Gasteiger partial charge in [-0.05, 0) is 67.4 Å². The predicted octanol–water partition coefficient (Wildman–Crippen LogP) is 5.96. The van der Waals surface area contributed by atoms with Crippen molar-refractivity contribution in [2.75, 3.05) is 4.90 Å². The Morgan fingerprint density at radius 2 is 1.71 bits per heavy atom. The van der Waals surface area contributed by atoms with Crippen molar-refractivity contribution in [2.24, 2.45) is 0 Å².